The number of allylic oxidation sites excluding steroid dienone is 1. The molecular formula is C23H22ClNO3. The molecule has 0 unspecified atom stereocenters. The van der Waals surface area contributed by atoms with E-state index < -0.39 is 0 Å². The zero-order chi connectivity index (χ0) is 20.3. The number of ether oxygens (including phenoxy) is 2. The number of benzene rings is 2. The van der Waals surface area contributed by atoms with E-state index in [1.807, 2.05) is 42.8 Å². The van der Waals surface area contributed by atoms with Crippen molar-refractivity contribution in [2.75, 3.05) is 14.2 Å². The lowest BCUT2D eigenvalue weighted by molar-refractivity contribution is 0.103. The maximum absolute atomic E-state index is 13.5. The normalized spacial score (nSPS) is 10.5. The highest BCUT2D eigenvalue weighted by atomic mass is 35.5. The van der Waals surface area contributed by atoms with Crippen molar-refractivity contribution in [2.24, 2.45) is 0 Å². The van der Waals surface area contributed by atoms with Crippen molar-refractivity contribution in [3.05, 3.63) is 82.1 Å². The van der Waals surface area contributed by atoms with Crippen LogP contribution in [0.5, 0.6) is 11.5 Å². The van der Waals surface area contributed by atoms with Crippen LogP contribution in [0.25, 0.3) is 11.8 Å². The first-order chi connectivity index (χ1) is 13.5. The van der Waals surface area contributed by atoms with E-state index in [0.29, 0.717) is 27.6 Å². The summed E-state index contributed by atoms with van der Waals surface area (Å²) in [5, 5.41) is 0.491. The minimum absolute atomic E-state index is 0.190. The molecule has 0 amide bonds. The number of carbonyl (C=O) groups is 1. The number of methoxy groups -OCH3 is 2. The van der Waals surface area contributed by atoms with Gasteiger partial charge < -0.3 is 14.0 Å². The predicted octanol–water partition coefficient (Wildman–Crippen LogP) is 5.80. The van der Waals surface area contributed by atoms with Crippen molar-refractivity contribution in [3.63, 3.8) is 0 Å². The minimum atomic E-state index is -0.190. The Morgan fingerprint density at radius 2 is 1.79 bits per heavy atom. The molecule has 28 heavy (non-hydrogen) atoms. The van der Waals surface area contributed by atoms with Gasteiger partial charge in [0, 0.05) is 22.5 Å². The topological polar surface area (TPSA) is 40.5 Å². The minimum Gasteiger partial charge on any atom is -0.493 e. The van der Waals surface area contributed by atoms with Crippen LogP contribution < -0.4 is 9.47 Å². The standard InChI is InChI=1S/C23H22ClNO3/c1-15(2)13-17-7-6-12-25(17)20-11-10-16(24)14-19(20)22(26)18-8-5-9-21(27-3)23(18)28-4/h5-14H,1-4H3. The van der Waals surface area contributed by atoms with Gasteiger partial charge >= 0.3 is 0 Å². The molecule has 1 heterocycles. The Labute approximate surface area is 170 Å². The van der Waals surface area contributed by atoms with Crippen LogP contribution in [0.4, 0.5) is 0 Å². The van der Waals surface area contributed by atoms with Gasteiger partial charge in [-0.25, -0.2) is 0 Å². The van der Waals surface area contributed by atoms with Gasteiger partial charge in [0.25, 0.3) is 0 Å². The van der Waals surface area contributed by atoms with Crippen LogP contribution in [0.3, 0.4) is 0 Å². The van der Waals surface area contributed by atoms with Gasteiger partial charge in [0.05, 0.1) is 25.5 Å². The molecule has 4 nitrogen and oxygen atoms in total. The highest BCUT2D eigenvalue weighted by Crippen LogP contribution is 2.34. The van der Waals surface area contributed by atoms with Crippen molar-refractivity contribution in [1.29, 1.82) is 0 Å². The van der Waals surface area contributed by atoms with Crippen molar-refractivity contribution < 1.29 is 14.3 Å². The van der Waals surface area contributed by atoms with E-state index in [1.54, 1.807) is 37.4 Å². The van der Waals surface area contributed by atoms with Crippen LogP contribution in [0.15, 0.2) is 60.3 Å². The monoisotopic (exact) mass is 395 g/mol. The smallest absolute Gasteiger partial charge is 0.199 e. The first kappa shape index (κ1) is 19.8. The van der Waals surface area contributed by atoms with Crippen LogP contribution in [0, 0.1) is 0 Å². The Balaban J connectivity index is 2.20. The first-order valence-corrected chi connectivity index (χ1v) is 9.22. The second-order valence-electron chi connectivity index (χ2n) is 6.56. The molecule has 2 aromatic carbocycles. The number of para-hydroxylation sites is 1. The van der Waals surface area contributed by atoms with Crippen LogP contribution in [0.2, 0.25) is 5.02 Å². The van der Waals surface area contributed by atoms with Crippen LogP contribution in [-0.2, 0) is 0 Å². The lowest BCUT2D eigenvalue weighted by Crippen LogP contribution is -2.10. The van der Waals surface area contributed by atoms with Gasteiger partial charge in [-0.15, -0.1) is 0 Å². The largest absolute Gasteiger partial charge is 0.493 e. The Morgan fingerprint density at radius 1 is 1.00 bits per heavy atom. The zero-order valence-electron chi connectivity index (χ0n) is 16.3. The maximum atomic E-state index is 13.5. The molecule has 3 rings (SSSR count). The lowest BCUT2D eigenvalue weighted by Gasteiger charge is -2.16. The molecule has 3 aromatic rings. The second kappa shape index (κ2) is 8.36. The van der Waals surface area contributed by atoms with Gasteiger partial charge in [0.2, 0.25) is 0 Å². The van der Waals surface area contributed by atoms with Crippen LogP contribution in [0.1, 0.15) is 35.5 Å². The van der Waals surface area contributed by atoms with E-state index in [9.17, 15) is 4.79 Å². The predicted molar refractivity (Wildman–Crippen MR) is 113 cm³/mol. The molecule has 0 bridgehead atoms. The van der Waals surface area contributed by atoms with Crippen molar-refractivity contribution in [3.8, 4) is 17.2 Å². The summed E-state index contributed by atoms with van der Waals surface area (Å²) < 4.78 is 12.8. The van der Waals surface area contributed by atoms with Gasteiger partial charge in [0.15, 0.2) is 17.3 Å². The van der Waals surface area contributed by atoms with E-state index >= 15 is 0 Å². The van der Waals surface area contributed by atoms with E-state index in [-0.39, 0.29) is 5.78 Å². The summed E-state index contributed by atoms with van der Waals surface area (Å²) in [6.45, 7) is 4.07. The molecule has 0 aliphatic rings. The Hall–Kier alpha value is -2.98. The van der Waals surface area contributed by atoms with E-state index in [0.717, 1.165) is 17.0 Å². The molecule has 5 heteroatoms. The summed E-state index contributed by atoms with van der Waals surface area (Å²) in [7, 11) is 3.06. The average molecular weight is 396 g/mol. The zero-order valence-corrected chi connectivity index (χ0v) is 17.1. The number of hydrogen-bond donors (Lipinski definition) is 0. The average Bonchev–Trinajstić information content (AvgIpc) is 3.13. The SMILES string of the molecule is COc1cccc(C(=O)c2cc(Cl)ccc2-n2cccc2C=C(C)C)c1OC. The Bertz CT molecular complexity index is 1050. The number of hydrogen-bond acceptors (Lipinski definition) is 3. The molecular weight excluding hydrogens is 374 g/mol. The van der Waals surface area contributed by atoms with Crippen molar-refractivity contribution in [1.82, 2.24) is 4.57 Å². The fraction of sp³-hybridized carbons (Fsp3) is 0.174. The van der Waals surface area contributed by atoms with Gasteiger partial charge in [0.1, 0.15) is 0 Å². The quantitative estimate of drug-likeness (QED) is 0.495. The number of aromatic nitrogens is 1. The molecule has 144 valence electrons. The van der Waals surface area contributed by atoms with Gasteiger partial charge in [-0.3, -0.25) is 4.79 Å². The van der Waals surface area contributed by atoms with Gasteiger partial charge in [-0.1, -0.05) is 23.2 Å². The summed E-state index contributed by atoms with van der Waals surface area (Å²) in [5.74, 6) is 0.714. The van der Waals surface area contributed by atoms with E-state index in [1.165, 1.54) is 7.11 Å². The third-order valence-electron chi connectivity index (χ3n) is 4.33. The first-order valence-electron chi connectivity index (χ1n) is 8.84. The number of rotatable bonds is 6. The summed E-state index contributed by atoms with van der Waals surface area (Å²) in [6.07, 6.45) is 3.99. The van der Waals surface area contributed by atoms with Crippen molar-refractivity contribution in [2.45, 2.75) is 13.8 Å². The molecule has 0 aliphatic heterocycles. The van der Waals surface area contributed by atoms with Crippen LogP contribution in [-0.4, -0.2) is 24.6 Å². The number of nitrogens with zero attached hydrogens (tertiary/aromatic N) is 1. The molecule has 0 fully saturated rings. The third kappa shape index (κ3) is 3.82. The highest BCUT2D eigenvalue weighted by molar-refractivity contribution is 6.31. The fourth-order valence-electron chi connectivity index (χ4n) is 3.14. The molecule has 0 saturated heterocycles. The maximum Gasteiger partial charge on any atom is 0.199 e. The highest BCUT2D eigenvalue weighted by Gasteiger charge is 2.22. The number of ketones is 1. The van der Waals surface area contributed by atoms with E-state index in [2.05, 4.69) is 6.08 Å². The molecule has 0 radical (unpaired) electrons. The van der Waals surface area contributed by atoms with Crippen molar-refractivity contribution >= 4 is 23.5 Å². The number of carbonyl (C=O) groups excluding carboxylic acids is 1. The molecule has 0 saturated carbocycles. The van der Waals surface area contributed by atoms with Gasteiger partial charge in [-0.05, 0) is 62.4 Å². The summed E-state index contributed by atoms with van der Waals surface area (Å²) in [6, 6.07) is 14.5. The summed E-state index contributed by atoms with van der Waals surface area (Å²) >= 11 is 6.24. The lowest BCUT2D eigenvalue weighted by atomic mass is 10.00. The molecule has 1 aromatic heterocycles. The summed E-state index contributed by atoms with van der Waals surface area (Å²) in [5.41, 5.74) is 3.79. The molecule has 0 atom stereocenters. The second-order valence-corrected chi connectivity index (χ2v) is 6.99. The van der Waals surface area contributed by atoms with Gasteiger partial charge in [-0.2, -0.15) is 0 Å². The summed E-state index contributed by atoms with van der Waals surface area (Å²) in [4.78, 5) is 13.5. The van der Waals surface area contributed by atoms with Crippen LogP contribution >= 0.6 is 11.6 Å². The fourth-order valence-corrected chi connectivity index (χ4v) is 3.31. The molecule has 0 N–H and O–H groups in total. The number of halogens is 1. The van der Waals surface area contributed by atoms with E-state index in [4.69, 9.17) is 21.1 Å². The molecule has 0 spiro atoms. The molecule has 0 aliphatic carbocycles. The Kier molecular flexibility index (Phi) is 5.90. The third-order valence-corrected chi connectivity index (χ3v) is 4.56. The Morgan fingerprint density at radius 3 is 2.46 bits per heavy atom.